The van der Waals surface area contributed by atoms with Gasteiger partial charge in [0.15, 0.2) is 0 Å². The molecule has 2 amide bonds. The molecule has 26 heavy (non-hydrogen) atoms. The zero-order valence-electron chi connectivity index (χ0n) is 14.6. The van der Waals surface area contributed by atoms with E-state index in [1.54, 1.807) is 29.2 Å². The first kappa shape index (κ1) is 18.2. The van der Waals surface area contributed by atoms with E-state index in [9.17, 15) is 9.59 Å². The van der Waals surface area contributed by atoms with Gasteiger partial charge in [-0.3, -0.25) is 9.59 Å². The fourth-order valence-electron chi connectivity index (χ4n) is 3.23. The number of rotatable bonds is 6. The topological polar surface area (TPSA) is 91.7 Å². The molecule has 7 nitrogen and oxygen atoms in total. The molecule has 0 bridgehead atoms. The van der Waals surface area contributed by atoms with Crippen molar-refractivity contribution in [3.8, 4) is 11.8 Å². The van der Waals surface area contributed by atoms with Crippen LogP contribution in [0.25, 0.3) is 0 Å². The molecule has 0 spiro atoms. The summed E-state index contributed by atoms with van der Waals surface area (Å²) in [5.74, 6) is 0.687. The number of nitrogens with one attached hydrogen (secondary N) is 1. The molecule has 0 aliphatic carbocycles. The molecule has 2 atom stereocenters. The predicted octanol–water partition coefficient (Wildman–Crippen LogP) is 1.22. The Balaban J connectivity index is 1.51. The summed E-state index contributed by atoms with van der Waals surface area (Å²) >= 11 is 0. The van der Waals surface area contributed by atoms with Crippen LogP contribution >= 0.6 is 0 Å². The summed E-state index contributed by atoms with van der Waals surface area (Å²) < 4.78 is 11.5. The minimum atomic E-state index is -0.235. The summed E-state index contributed by atoms with van der Waals surface area (Å²) in [6.45, 7) is 2.17. The number of ether oxygens (including phenoxy) is 2. The number of nitriles is 1. The van der Waals surface area contributed by atoms with Crippen LogP contribution in [0.4, 0.5) is 0 Å². The lowest BCUT2D eigenvalue weighted by Gasteiger charge is -2.32. The fourth-order valence-corrected chi connectivity index (χ4v) is 3.23. The van der Waals surface area contributed by atoms with Gasteiger partial charge in [0.25, 0.3) is 0 Å². The molecule has 3 rings (SSSR count). The van der Waals surface area contributed by atoms with Crippen molar-refractivity contribution >= 4 is 11.8 Å². The molecule has 1 aromatic carbocycles. The molecule has 138 valence electrons. The third-order valence-electron chi connectivity index (χ3n) is 4.69. The van der Waals surface area contributed by atoms with Crippen LogP contribution in [0.15, 0.2) is 24.3 Å². The molecular formula is C19H23N3O4. The average Bonchev–Trinajstić information content (AvgIpc) is 3.07. The fraction of sp³-hybridized carbons (Fsp3) is 0.526. The zero-order valence-corrected chi connectivity index (χ0v) is 14.6. The molecule has 1 aromatic rings. The van der Waals surface area contributed by atoms with E-state index in [1.807, 2.05) is 0 Å². The van der Waals surface area contributed by atoms with Crippen LogP contribution in [-0.4, -0.2) is 55.2 Å². The van der Waals surface area contributed by atoms with Gasteiger partial charge in [0.05, 0.1) is 30.9 Å². The van der Waals surface area contributed by atoms with Crippen molar-refractivity contribution in [2.45, 2.75) is 37.8 Å². The Hall–Kier alpha value is -2.59. The van der Waals surface area contributed by atoms with E-state index in [4.69, 9.17) is 14.7 Å². The summed E-state index contributed by atoms with van der Waals surface area (Å²) in [5.41, 5.74) is 0.575. The average molecular weight is 357 g/mol. The maximum Gasteiger partial charge on any atom is 0.222 e. The number of amides is 2. The van der Waals surface area contributed by atoms with Crippen LogP contribution in [-0.2, 0) is 14.3 Å². The lowest BCUT2D eigenvalue weighted by molar-refractivity contribution is -0.129. The van der Waals surface area contributed by atoms with Crippen molar-refractivity contribution in [1.29, 1.82) is 5.26 Å². The monoisotopic (exact) mass is 357 g/mol. The van der Waals surface area contributed by atoms with Crippen molar-refractivity contribution in [2.75, 3.05) is 26.3 Å². The van der Waals surface area contributed by atoms with Gasteiger partial charge in [-0.2, -0.15) is 5.26 Å². The number of carbonyl (C=O) groups is 2. The zero-order chi connectivity index (χ0) is 18.4. The second kappa shape index (κ2) is 8.68. The van der Waals surface area contributed by atoms with Crippen LogP contribution in [0.1, 0.15) is 31.2 Å². The summed E-state index contributed by atoms with van der Waals surface area (Å²) in [7, 11) is 0. The highest BCUT2D eigenvalue weighted by Crippen LogP contribution is 2.19. The third kappa shape index (κ3) is 4.73. The van der Waals surface area contributed by atoms with Gasteiger partial charge in [-0.25, -0.2) is 0 Å². The minimum Gasteiger partial charge on any atom is -0.488 e. The molecule has 2 aliphatic heterocycles. The van der Waals surface area contributed by atoms with Crippen LogP contribution in [0.3, 0.4) is 0 Å². The van der Waals surface area contributed by atoms with Crippen LogP contribution < -0.4 is 10.1 Å². The highest BCUT2D eigenvalue weighted by molar-refractivity contribution is 5.80. The molecule has 2 saturated heterocycles. The highest BCUT2D eigenvalue weighted by Gasteiger charge is 2.29. The normalized spacial score (nSPS) is 22.7. The van der Waals surface area contributed by atoms with Gasteiger partial charge in [-0.1, -0.05) is 0 Å². The second-order valence-electron chi connectivity index (χ2n) is 6.56. The first-order valence-corrected chi connectivity index (χ1v) is 8.97. The predicted molar refractivity (Wildman–Crippen MR) is 93.4 cm³/mol. The summed E-state index contributed by atoms with van der Waals surface area (Å²) in [6.07, 6.45) is 2.23. The number of hydrogen-bond donors (Lipinski definition) is 1. The number of benzene rings is 1. The number of likely N-dealkylation sites (tertiary alicyclic amines) is 1. The highest BCUT2D eigenvalue weighted by atomic mass is 16.5. The van der Waals surface area contributed by atoms with E-state index in [0.717, 1.165) is 13.0 Å². The molecule has 0 aromatic heterocycles. The molecule has 2 fully saturated rings. The first-order valence-electron chi connectivity index (χ1n) is 8.97. The maximum absolute atomic E-state index is 12.3. The lowest BCUT2D eigenvalue weighted by atomic mass is 10.1. The van der Waals surface area contributed by atoms with E-state index >= 15 is 0 Å². The van der Waals surface area contributed by atoms with Gasteiger partial charge in [-0.05, 0) is 30.7 Å². The standard InChI is InChI=1S/C19H23N3O4/c20-12-14-3-5-15(6-4-14)26-17-8-11-25-13-16(17)21-18(23)7-10-22-9-1-2-19(22)24/h3-6,16-17H,1-2,7-11,13H2,(H,21,23)/t16-,17-/m1/s1. The van der Waals surface area contributed by atoms with E-state index in [0.29, 0.717) is 43.9 Å². The van der Waals surface area contributed by atoms with Gasteiger partial charge in [-0.15, -0.1) is 0 Å². The van der Waals surface area contributed by atoms with Crippen molar-refractivity contribution < 1.29 is 19.1 Å². The smallest absolute Gasteiger partial charge is 0.222 e. The summed E-state index contributed by atoms with van der Waals surface area (Å²) in [5, 5.41) is 11.8. The maximum atomic E-state index is 12.3. The van der Waals surface area contributed by atoms with E-state index in [-0.39, 0.29) is 30.4 Å². The Kier molecular flexibility index (Phi) is 6.08. The van der Waals surface area contributed by atoms with Crippen molar-refractivity contribution in [3.05, 3.63) is 29.8 Å². The Morgan fingerprint density at radius 1 is 1.38 bits per heavy atom. The summed E-state index contributed by atoms with van der Waals surface area (Å²) in [4.78, 5) is 25.6. The second-order valence-corrected chi connectivity index (χ2v) is 6.56. The first-order chi connectivity index (χ1) is 12.7. The largest absolute Gasteiger partial charge is 0.488 e. The molecular weight excluding hydrogens is 334 g/mol. The van der Waals surface area contributed by atoms with E-state index in [1.165, 1.54) is 0 Å². The Bertz CT molecular complexity index is 683. The third-order valence-corrected chi connectivity index (χ3v) is 4.69. The van der Waals surface area contributed by atoms with E-state index < -0.39 is 0 Å². The molecule has 2 aliphatic rings. The Morgan fingerprint density at radius 3 is 2.88 bits per heavy atom. The van der Waals surface area contributed by atoms with Gasteiger partial charge in [0.1, 0.15) is 11.9 Å². The van der Waals surface area contributed by atoms with Crippen molar-refractivity contribution in [1.82, 2.24) is 10.2 Å². The van der Waals surface area contributed by atoms with Crippen molar-refractivity contribution in [3.63, 3.8) is 0 Å². The van der Waals surface area contributed by atoms with Crippen LogP contribution in [0.5, 0.6) is 5.75 Å². The van der Waals surface area contributed by atoms with Crippen LogP contribution in [0, 0.1) is 11.3 Å². The molecule has 0 radical (unpaired) electrons. The summed E-state index contributed by atoms with van der Waals surface area (Å²) in [6, 6.07) is 8.76. The lowest BCUT2D eigenvalue weighted by Crippen LogP contribution is -2.52. The number of nitrogens with zero attached hydrogens (tertiary/aromatic N) is 2. The number of hydrogen-bond acceptors (Lipinski definition) is 5. The molecule has 0 unspecified atom stereocenters. The van der Waals surface area contributed by atoms with Gasteiger partial charge < -0.3 is 19.7 Å². The van der Waals surface area contributed by atoms with Crippen LogP contribution in [0.2, 0.25) is 0 Å². The molecule has 2 heterocycles. The van der Waals surface area contributed by atoms with Gasteiger partial charge in [0.2, 0.25) is 11.8 Å². The van der Waals surface area contributed by atoms with Gasteiger partial charge >= 0.3 is 0 Å². The molecule has 0 saturated carbocycles. The quantitative estimate of drug-likeness (QED) is 0.827. The SMILES string of the molecule is N#Cc1ccc(O[C@@H]2CCOC[C@H]2NC(=O)CCN2CCCC2=O)cc1. The Labute approximate surface area is 152 Å². The molecule has 1 N–H and O–H groups in total. The minimum absolute atomic E-state index is 0.103. The van der Waals surface area contributed by atoms with Crippen molar-refractivity contribution in [2.24, 2.45) is 0 Å². The molecule has 7 heteroatoms. The number of carbonyl (C=O) groups excluding carboxylic acids is 2. The van der Waals surface area contributed by atoms with Gasteiger partial charge in [0, 0.05) is 32.4 Å². The van der Waals surface area contributed by atoms with E-state index in [2.05, 4.69) is 11.4 Å². The Morgan fingerprint density at radius 2 is 2.19 bits per heavy atom.